The van der Waals surface area contributed by atoms with Crippen molar-refractivity contribution in [2.24, 2.45) is 0 Å². The third-order valence-corrected chi connectivity index (χ3v) is 6.22. The van der Waals surface area contributed by atoms with Crippen molar-refractivity contribution in [2.75, 3.05) is 30.9 Å². The van der Waals surface area contributed by atoms with Crippen molar-refractivity contribution >= 4 is 35.8 Å². The smallest absolute Gasteiger partial charge is 0.215 e. The predicted molar refractivity (Wildman–Crippen MR) is 67.0 cm³/mol. The van der Waals surface area contributed by atoms with E-state index in [0.29, 0.717) is 13.1 Å². The lowest BCUT2D eigenvalue weighted by molar-refractivity contribution is 0.356. The highest BCUT2D eigenvalue weighted by Crippen LogP contribution is 2.19. The Labute approximate surface area is 105 Å². The van der Waals surface area contributed by atoms with E-state index in [1.165, 1.54) is 4.31 Å². The van der Waals surface area contributed by atoms with Crippen LogP contribution in [0, 0.1) is 0 Å². The Bertz CT molecular complexity index is 431. The van der Waals surface area contributed by atoms with Gasteiger partial charge in [-0.25, -0.2) is 21.1 Å². The summed E-state index contributed by atoms with van der Waals surface area (Å²) in [7, 11) is -6.65. The van der Waals surface area contributed by atoms with Crippen molar-refractivity contribution < 1.29 is 16.8 Å². The normalized spacial score (nSPS) is 24.5. The summed E-state index contributed by atoms with van der Waals surface area (Å²) in [5.41, 5.74) is 0. The molecule has 1 heterocycles. The molecule has 96 valence electrons. The fourth-order valence-corrected chi connectivity index (χ4v) is 5.52. The number of alkyl halides is 1. The third-order valence-electron chi connectivity index (χ3n) is 2.43. The fraction of sp³-hybridized carbons (Fsp3) is 1.00. The van der Waals surface area contributed by atoms with E-state index >= 15 is 0 Å². The van der Waals surface area contributed by atoms with E-state index in [-0.39, 0.29) is 16.3 Å². The molecule has 0 aromatic heterocycles. The van der Waals surface area contributed by atoms with E-state index in [2.05, 4.69) is 15.9 Å². The average molecular weight is 334 g/mol. The maximum Gasteiger partial charge on any atom is 0.215 e. The molecule has 0 aromatic carbocycles. The first-order valence-electron chi connectivity index (χ1n) is 5.00. The summed E-state index contributed by atoms with van der Waals surface area (Å²) < 4.78 is 46.9. The zero-order valence-corrected chi connectivity index (χ0v) is 12.3. The monoisotopic (exact) mass is 333 g/mol. The highest BCUT2D eigenvalue weighted by Gasteiger charge is 2.28. The molecule has 0 bridgehead atoms. The van der Waals surface area contributed by atoms with Crippen LogP contribution in [0.25, 0.3) is 0 Å². The molecular weight excluding hydrogens is 318 g/mol. The largest absolute Gasteiger partial charge is 0.229 e. The van der Waals surface area contributed by atoms with Crippen molar-refractivity contribution in [2.45, 2.75) is 17.7 Å². The van der Waals surface area contributed by atoms with E-state index in [1.54, 1.807) is 0 Å². The van der Waals surface area contributed by atoms with E-state index in [9.17, 15) is 16.8 Å². The summed E-state index contributed by atoms with van der Waals surface area (Å²) >= 11 is 3.39. The maximum absolute atomic E-state index is 11.8. The van der Waals surface area contributed by atoms with Crippen LogP contribution in [0.15, 0.2) is 0 Å². The van der Waals surface area contributed by atoms with Crippen LogP contribution in [0.1, 0.15) is 12.8 Å². The molecule has 0 radical (unpaired) electrons. The molecule has 1 unspecified atom stereocenters. The second-order valence-corrected chi connectivity index (χ2v) is 9.69. The number of sulfonamides is 1. The Hall–Kier alpha value is 0.340. The van der Waals surface area contributed by atoms with Crippen LogP contribution in [0.5, 0.6) is 0 Å². The van der Waals surface area contributed by atoms with Crippen LogP contribution >= 0.6 is 15.9 Å². The lowest BCUT2D eigenvalue weighted by atomic mass is 10.2. The molecular formula is C8H16BrNO4S2. The van der Waals surface area contributed by atoms with Crippen molar-refractivity contribution in [1.29, 1.82) is 0 Å². The standard InChI is InChI=1S/C8H16BrNO4S2/c1-15(11,12)5-6-16(13,14)10-4-2-3-8(9)7-10/h8H,2-7H2,1H3. The van der Waals surface area contributed by atoms with Crippen molar-refractivity contribution in [1.82, 2.24) is 4.31 Å². The number of piperidine rings is 1. The Morgan fingerprint density at radius 2 is 1.88 bits per heavy atom. The van der Waals surface area contributed by atoms with Crippen molar-refractivity contribution in [3.63, 3.8) is 0 Å². The molecule has 0 N–H and O–H groups in total. The molecule has 1 aliphatic heterocycles. The van der Waals surface area contributed by atoms with Gasteiger partial charge >= 0.3 is 0 Å². The van der Waals surface area contributed by atoms with Gasteiger partial charge in [-0.15, -0.1) is 0 Å². The van der Waals surface area contributed by atoms with Crippen LogP contribution in [0.2, 0.25) is 0 Å². The summed E-state index contributed by atoms with van der Waals surface area (Å²) in [5, 5.41) is 0. The van der Waals surface area contributed by atoms with Gasteiger partial charge < -0.3 is 0 Å². The number of nitrogens with zero attached hydrogens (tertiary/aromatic N) is 1. The average Bonchev–Trinajstić information content (AvgIpc) is 2.14. The minimum atomic E-state index is -3.43. The lowest BCUT2D eigenvalue weighted by Crippen LogP contribution is -2.42. The molecule has 0 aliphatic carbocycles. The van der Waals surface area contributed by atoms with E-state index in [4.69, 9.17) is 0 Å². The second kappa shape index (κ2) is 5.32. The van der Waals surface area contributed by atoms with E-state index in [0.717, 1.165) is 19.1 Å². The number of halogens is 1. The molecule has 8 heteroatoms. The van der Waals surface area contributed by atoms with Crippen LogP contribution < -0.4 is 0 Å². The zero-order chi connectivity index (χ0) is 12.4. The molecule has 1 atom stereocenters. The number of hydrogen-bond acceptors (Lipinski definition) is 4. The summed E-state index contributed by atoms with van der Waals surface area (Å²) in [6, 6.07) is 0. The minimum absolute atomic E-state index is 0.175. The Morgan fingerprint density at radius 1 is 1.25 bits per heavy atom. The maximum atomic E-state index is 11.8. The molecule has 0 aromatic rings. The van der Waals surface area contributed by atoms with Gasteiger partial charge in [0.15, 0.2) is 0 Å². The van der Waals surface area contributed by atoms with Gasteiger partial charge in [0.25, 0.3) is 0 Å². The number of hydrogen-bond donors (Lipinski definition) is 0. The third kappa shape index (κ3) is 4.68. The topological polar surface area (TPSA) is 71.5 Å². The summed E-state index contributed by atoms with van der Waals surface area (Å²) in [4.78, 5) is 0.175. The van der Waals surface area contributed by atoms with Gasteiger partial charge in [-0.1, -0.05) is 15.9 Å². The Morgan fingerprint density at radius 3 is 2.38 bits per heavy atom. The molecule has 16 heavy (non-hydrogen) atoms. The van der Waals surface area contributed by atoms with Gasteiger partial charge in [-0.05, 0) is 12.8 Å². The highest BCUT2D eigenvalue weighted by molar-refractivity contribution is 9.09. The van der Waals surface area contributed by atoms with Gasteiger partial charge in [-0.3, -0.25) is 0 Å². The first-order valence-corrected chi connectivity index (χ1v) is 9.59. The van der Waals surface area contributed by atoms with Gasteiger partial charge in [0.1, 0.15) is 9.84 Å². The molecule has 1 fully saturated rings. The van der Waals surface area contributed by atoms with Gasteiger partial charge in [0.2, 0.25) is 10.0 Å². The number of rotatable bonds is 4. The van der Waals surface area contributed by atoms with Crippen LogP contribution in [0.4, 0.5) is 0 Å². The van der Waals surface area contributed by atoms with E-state index in [1.807, 2.05) is 0 Å². The van der Waals surface area contributed by atoms with Crippen LogP contribution in [0.3, 0.4) is 0 Å². The quantitative estimate of drug-likeness (QED) is 0.690. The second-order valence-electron chi connectivity index (χ2n) is 4.04. The van der Waals surface area contributed by atoms with Crippen LogP contribution in [-0.2, 0) is 19.9 Å². The van der Waals surface area contributed by atoms with Crippen molar-refractivity contribution in [3.8, 4) is 0 Å². The summed E-state index contributed by atoms with van der Waals surface area (Å²) in [6.07, 6.45) is 2.82. The molecule has 1 rings (SSSR count). The van der Waals surface area contributed by atoms with Crippen LogP contribution in [-0.4, -0.2) is 56.8 Å². The molecule has 0 spiro atoms. The molecule has 0 saturated carbocycles. The zero-order valence-electron chi connectivity index (χ0n) is 9.09. The summed E-state index contributed by atoms with van der Waals surface area (Å²) in [6.45, 7) is 0.931. The first kappa shape index (κ1) is 14.4. The Balaban J connectivity index is 2.63. The minimum Gasteiger partial charge on any atom is -0.229 e. The molecule has 5 nitrogen and oxygen atoms in total. The number of sulfone groups is 1. The fourth-order valence-electron chi connectivity index (χ4n) is 1.53. The first-order chi connectivity index (χ1) is 7.21. The summed E-state index contributed by atoms with van der Waals surface area (Å²) in [5.74, 6) is -0.621. The lowest BCUT2D eigenvalue weighted by Gasteiger charge is -2.28. The molecule has 1 saturated heterocycles. The predicted octanol–water partition coefficient (Wildman–Crippen LogP) is 0.220. The van der Waals surface area contributed by atoms with Gasteiger partial charge in [0, 0.05) is 24.2 Å². The highest BCUT2D eigenvalue weighted by atomic mass is 79.9. The van der Waals surface area contributed by atoms with E-state index < -0.39 is 19.9 Å². The van der Waals surface area contributed by atoms with Gasteiger partial charge in [-0.2, -0.15) is 0 Å². The SMILES string of the molecule is CS(=O)(=O)CCS(=O)(=O)N1CCCC(Br)C1. The van der Waals surface area contributed by atoms with Gasteiger partial charge in [0.05, 0.1) is 11.5 Å². The molecule has 0 amide bonds. The molecule has 1 aliphatic rings. The Kier molecular flexibility index (Phi) is 4.79. The van der Waals surface area contributed by atoms with Crippen molar-refractivity contribution in [3.05, 3.63) is 0 Å².